The van der Waals surface area contributed by atoms with E-state index in [1.54, 1.807) is 17.8 Å². The normalized spacial score (nSPS) is 10.1. The molecular formula is C14H14N2O3S. The van der Waals surface area contributed by atoms with Gasteiger partial charge in [-0.2, -0.15) is 0 Å². The van der Waals surface area contributed by atoms with Crippen LogP contribution in [0.3, 0.4) is 0 Å². The Hall–Kier alpha value is -2.21. The van der Waals surface area contributed by atoms with Crippen molar-refractivity contribution >= 4 is 23.4 Å². The van der Waals surface area contributed by atoms with Crippen molar-refractivity contribution in [3.05, 3.63) is 42.1 Å². The molecule has 5 nitrogen and oxygen atoms in total. The molecule has 0 saturated heterocycles. The number of hydrogen-bond acceptors (Lipinski definition) is 6. The van der Waals surface area contributed by atoms with Gasteiger partial charge in [-0.25, -0.2) is 9.78 Å². The third kappa shape index (κ3) is 3.03. The van der Waals surface area contributed by atoms with Gasteiger partial charge < -0.3 is 15.2 Å². The zero-order valence-corrected chi connectivity index (χ0v) is 11.9. The van der Waals surface area contributed by atoms with Crippen LogP contribution >= 0.6 is 11.8 Å². The summed E-state index contributed by atoms with van der Waals surface area (Å²) >= 11 is 1.55. The molecule has 0 aliphatic heterocycles. The first-order valence-corrected chi connectivity index (χ1v) is 7.04. The number of ether oxygens (including phenoxy) is 2. The van der Waals surface area contributed by atoms with Crippen LogP contribution in [0.15, 0.2) is 41.3 Å². The van der Waals surface area contributed by atoms with Gasteiger partial charge in [-0.1, -0.05) is 12.1 Å². The van der Waals surface area contributed by atoms with Gasteiger partial charge in [0.05, 0.1) is 12.8 Å². The zero-order valence-electron chi connectivity index (χ0n) is 11.1. The van der Waals surface area contributed by atoms with Crippen LogP contribution in [0.25, 0.3) is 0 Å². The molecule has 0 aliphatic rings. The van der Waals surface area contributed by atoms with Crippen LogP contribution < -0.4 is 10.5 Å². The Kier molecular flexibility index (Phi) is 4.47. The Morgan fingerprint density at radius 3 is 2.70 bits per heavy atom. The SMILES string of the molecule is COC(=O)c1ccc(N)c(Oc2ccccc2SC)n1. The summed E-state index contributed by atoms with van der Waals surface area (Å²) < 4.78 is 10.3. The van der Waals surface area contributed by atoms with Crippen molar-refractivity contribution < 1.29 is 14.3 Å². The topological polar surface area (TPSA) is 74.4 Å². The quantitative estimate of drug-likeness (QED) is 0.689. The molecule has 0 saturated carbocycles. The third-order valence-electron chi connectivity index (χ3n) is 2.56. The number of hydrogen-bond donors (Lipinski definition) is 1. The molecule has 0 spiro atoms. The van der Waals surface area contributed by atoms with Crippen molar-refractivity contribution in [1.82, 2.24) is 4.98 Å². The van der Waals surface area contributed by atoms with Crippen LogP contribution in [0, 0.1) is 0 Å². The van der Waals surface area contributed by atoms with Crippen LogP contribution in [0.5, 0.6) is 11.6 Å². The van der Waals surface area contributed by atoms with Crippen LogP contribution in [0.1, 0.15) is 10.5 Å². The monoisotopic (exact) mass is 290 g/mol. The van der Waals surface area contributed by atoms with Crippen molar-refractivity contribution in [2.45, 2.75) is 4.90 Å². The predicted molar refractivity (Wildman–Crippen MR) is 78.3 cm³/mol. The lowest BCUT2D eigenvalue weighted by Crippen LogP contribution is -2.06. The molecule has 104 valence electrons. The van der Waals surface area contributed by atoms with Gasteiger partial charge in [0.25, 0.3) is 0 Å². The lowest BCUT2D eigenvalue weighted by Gasteiger charge is -2.11. The Bertz CT molecular complexity index is 632. The van der Waals surface area contributed by atoms with E-state index < -0.39 is 5.97 Å². The molecule has 0 unspecified atom stereocenters. The number of anilines is 1. The Morgan fingerprint density at radius 2 is 2.00 bits per heavy atom. The zero-order chi connectivity index (χ0) is 14.5. The molecule has 2 rings (SSSR count). The summed E-state index contributed by atoms with van der Waals surface area (Å²) in [4.78, 5) is 16.5. The second-order valence-electron chi connectivity index (χ2n) is 3.84. The van der Waals surface area contributed by atoms with E-state index in [0.29, 0.717) is 11.4 Å². The fourth-order valence-corrected chi connectivity index (χ4v) is 2.08. The van der Waals surface area contributed by atoms with E-state index in [1.165, 1.54) is 13.2 Å². The van der Waals surface area contributed by atoms with Gasteiger partial charge in [-0.15, -0.1) is 11.8 Å². The summed E-state index contributed by atoms with van der Waals surface area (Å²) in [5.41, 5.74) is 6.33. The molecule has 2 aromatic rings. The van der Waals surface area contributed by atoms with E-state index in [9.17, 15) is 4.79 Å². The summed E-state index contributed by atoms with van der Waals surface area (Å²) in [5.74, 6) is 0.295. The number of benzene rings is 1. The lowest BCUT2D eigenvalue weighted by atomic mass is 10.3. The van der Waals surface area contributed by atoms with E-state index in [0.717, 1.165) is 4.90 Å². The number of carbonyl (C=O) groups excluding carboxylic acids is 1. The number of esters is 1. The Labute approximate surface area is 121 Å². The first-order chi connectivity index (χ1) is 9.65. The molecule has 1 aromatic heterocycles. The summed E-state index contributed by atoms with van der Waals surface area (Å²) in [6.07, 6.45) is 1.95. The minimum absolute atomic E-state index is 0.151. The second kappa shape index (κ2) is 6.29. The van der Waals surface area contributed by atoms with Gasteiger partial charge in [0.2, 0.25) is 5.88 Å². The summed E-state index contributed by atoms with van der Waals surface area (Å²) in [6, 6.07) is 10.6. The summed E-state index contributed by atoms with van der Waals surface area (Å²) in [7, 11) is 1.30. The molecule has 0 amide bonds. The van der Waals surface area contributed by atoms with Crippen LogP contribution in [0.2, 0.25) is 0 Å². The number of carbonyl (C=O) groups is 1. The van der Waals surface area contributed by atoms with E-state index in [-0.39, 0.29) is 11.6 Å². The van der Waals surface area contributed by atoms with Crippen molar-refractivity contribution in [2.24, 2.45) is 0 Å². The van der Waals surface area contributed by atoms with E-state index in [2.05, 4.69) is 9.72 Å². The molecule has 20 heavy (non-hydrogen) atoms. The number of nitrogen functional groups attached to an aromatic ring is 1. The predicted octanol–water partition coefficient (Wildman–Crippen LogP) is 2.96. The molecule has 2 N–H and O–H groups in total. The number of para-hydroxylation sites is 1. The number of methoxy groups -OCH3 is 1. The molecular weight excluding hydrogens is 276 g/mol. The number of aromatic nitrogens is 1. The number of pyridine rings is 1. The van der Waals surface area contributed by atoms with Crippen molar-refractivity contribution in [3.63, 3.8) is 0 Å². The third-order valence-corrected chi connectivity index (χ3v) is 3.34. The van der Waals surface area contributed by atoms with E-state index in [4.69, 9.17) is 10.5 Å². The number of rotatable bonds is 4. The smallest absolute Gasteiger partial charge is 0.356 e. The maximum atomic E-state index is 11.5. The largest absolute Gasteiger partial charge is 0.464 e. The van der Waals surface area contributed by atoms with E-state index >= 15 is 0 Å². The fraction of sp³-hybridized carbons (Fsp3) is 0.143. The minimum atomic E-state index is -0.534. The molecule has 0 atom stereocenters. The maximum absolute atomic E-state index is 11.5. The van der Waals surface area contributed by atoms with Gasteiger partial charge in [0.1, 0.15) is 5.75 Å². The van der Waals surface area contributed by atoms with Gasteiger partial charge >= 0.3 is 5.97 Å². The van der Waals surface area contributed by atoms with E-state index in [1.807, 2.05) is 30.5 Å². The van der Waals surface area contributed by atoms with Gasteiger partial charge in [-0.05, 0) is 30.5 Å². The molecule has 1 heterocycles. The molecule has 0 fully saturated rings. The average Bonchev–Trinajstić information content (AvgIpc) is 2.49. The van der Waals surface area contributed by atoms with Crippen molar-refractivity contribution in [2.75, 3.05) is 19.1 Å². The molecule has 0 aliphatic carbocycles. The number of nitrogens with two attached hydrogens (primary N) is 1. The molecule has 0 bridgehead atoms. The first kappa shape index (κ1) is 14.2. The van der Waals surface area contributed by atoms with Gasteiger partial charge in [0, 0.05) is 4.90 Å². The van der Waals surface area contributed by atoms with Gasteiger partial charge in [0.15, 0.2) is 5.69 Å². The van der Waals surface area contributed by atoms with Gasteiger partial charge in [-0.3, -0.25) is 0 Å². The lowest BCUT2D eigenvalue weighted by molar-refractivity contribution is 0.0593. The highest BCUT2D eigenvalue weighted by atomic mass is 32.2. The Balaban J connectivity index is 2.35. The van der Waals surface area contributed by atoms with Crippen LogP contribution in [-0.4, -0.2) is 24.3 Å². The fourth-order valence-electron chi connectivity index (χ4n) is 1.56. The highest BCUT2D eigenvalue weighted by Gasteiger charge is 2.13. The minimum Gasteiger partial charge on any atom is -0.464 e. The number of nitrogens with zero attached hydrogens (tertiary/aromatic N) is 1. The van der Waals surface area contributed by atoms with Crippen LogP contribution in [-0.2, 0) is 4.74 Å². The summed E-state index contributed by atoms with van der Waals surface area (Å²) in [5, 5.41) is 0. The summed E-state index contributed by atoms with van der Waals surface area (Å²) in [6.45, 7) is 0. The number of thioether (sulfide) groups is 1. The second-order valence-corrected chi connectivity index (χ2v) is 4.68. The van der Waals surface area contributed by atoms with Crippen molar-refractivity contribution in [1.29, 1.82) is 0 Å². The molecule has 6 heteroatoms. The first-order valence-electron chi connectivity index (χ1n) is 5.81. The molecule has 1 aromatic carbocycles. The highest BCUT2D eigenvalue weighted by Crippen LogP contribution is 2.32. The van der Waals surface area contributed by atoms with Crippen LogP contribution in [0.4, 0.5) is 5.69 Å². The molecule has 0 radical (unpaired) electrons. The average molecular weight is 290 g/mol. The standard InChI is InChI=1S/C14H14N2O3S/c1-18-14(17)10-8-7-9(15)13(16-10)19-11-5-3-4-6-12(11)20-2/h3-8H,15H2,1-2H3. The Morgan fingerprint density at radius 1 is 1.25 bits per heavy atom. The van der Waals surface area contributed by atoms with Crippen molar-refractivity contribution in [3.8, 4) is 11.6 Å². The highest BCUT2D eigenvalue weighted by molar-refractivity contribution is 7.98. The maximum Gasteiger partial charge on any atom is 0.356 e.